The van der Waals surface area contributed by atoms with Crippen molar-refractivity contribution in [2.75, 3.05) is 20.3 Å². The Morgan fingerprint density at radius 3 is 3.05 bits per heavy atom. The molecule has 0 radical (unpaired) electrons. The summed E-state index contributed by atoms with van der Waals surface area (Å²) < 4.78 is 18.7. The zero-order valence-corrected chi connectivity index (χ0v) is 11.9. The summed E-state index contributed by atoms with van der Waals surface area (Å²) in [6.07, 6.45) is -0.157. The molecule has 0 aliphatic heterocycles. The molecule has 1 amide bonds. The number of aliphatic hydroxyl groups is 1. The number of amides is 1. The number of benzene rings is 1. The lowest BCUT2D eigenvalue weighted by molar-refractivity contribution is 0.0588. The fourth-order valence-corrected chi connectivity index (χ4v) is 2.80. The molecular formula is C14H16FNO3S. The monoisotopic (exact) mass is 297 g/mol. The van der Waals surface area contributed by atoms with E-state index in [-0.39, 0.29) is 18.3 Å². The summed E-state index contributed by atoms with van der Waals surface area (Å²) in [4.78, 5) is 12.5. The molecule has 0 saturated carbocycles. The van der Waals surface area contributed by atoms with Gasteiger partial charge in [-0.2, -0.15) is 0 Å². The maximum Gasteiger partial charge on any atom is 0.261 e. The van der Waals surface area contributed by atoms with Gasteiger partial charge in [0.1, 0.15) is 5.82 Å². The predicted molar refractivity (Wildman–Crippen MR) is 76.6 cm³/mol. The number of nitrogens with one attached hydrogen (secondary N) is 1. The highest BCUT2D eigenvalue weighted by molar-refractivity contribution is 7.20. The maximum atomic E-state index is 13.1. The number of aliphatic hydroxyl groups excluding tert-OH is 1. The lowest BCUT2D eigenvalue weighted by Crippen LogP contribution is -2.27. The highest BCUT2D eigenvalue weighted by Crippen LogP contribution is 2.26. The predicted octanol–water partition coefficient (Wildman–Crippen LogP) is 2.17. The zero-order valence-electron chi connectivity index (χ0n) is 11.1. The number of fused-ring (bicyclic) bond motifs is 1. The summed E-state index contributed by atoms with van der Waals surface area (Å²) in [6, 6.07) is 6.12. The van der Waals surface area contributed by atoms with Crippen LogP contribution in [0.3, 0.4) is 0 Å². The van der Waals surface area contributed by atoms with Crippen LogP contribution < -0.4 is 5.32 Å². The van der Waals surface area contributed by atoms with Crippen LogP contribution in [0.2, 0.25) is 0 Å². The average molecular weight is 297 g/mol. The van der Waals surface area contributed by atoms with Crippen LogP contribution in [0.5, 0.6) is 0 Å². The summed E-state index contributed by atoms with van der Waals surface area (Å²) in [6.45, 7) is 0.615. The summed E-state index contributed by atoms with van der Waals surface area (Å²) in [5, 5.41) is 12.9. The minimum absolute atomic E-state index is 0.212. The molecule has 1 unspecified atom stereocenters. The fourth-order valence-electron chi connectivity index (χ4n) is 1.84. The number of thiophene rings is 1. The normalized spacial score (nSPS) is 12.6. The van der Waals surface area contributed by atoms with E-state index in [0.717, 1.165) is 10.1 Å². The molecule has 1 heterocycles. The third-order valence-corrected chi connectivity index (χ3v) is 3.94. The Hall–Kier alpha value is -1.50. The molecule has 108 valence electrons. The second-order valence-corrected chi connectivity index (χ2v) is 5.53. The highest BCUT2D eigenvalue weighted by atomic mass is 32.1. The van der Waals surface area contributed by atoms with E-state index in [2.05, 4.69) is 5.32 Å². The Labute approximate surface area is 120 Å². The van der Waals surface area contributed by atoms with Gasteiger partial charge in [0.15, 0.2) is 0 Å². The Kier molecular flexibility index (Phi) is 5.05. The molecule has 6 heteroatoms. The van der Waals surface area contributed by atoms with Crippen molar-refractivity contribution in [2.24, 2.45) is 0 Å². The van der Waals surface area contributed by atoms with E-state index in [1.807, 2.05) is 0 Å². The van der Waals surface area contributed by atoms with Crippen molar-refractivity contribution >= 4 is 27.3 Å². The van der Waals surface area contributed by atoms with Crippen LogP contribution >= 0.6 is 11.3 Å². The van der Waals surface area contributed by atoms with E-state index in [1.165, 1.54) is 30.6 Å². The third kappa shape index (κ3) is 3.75. The van der Waals surface area contributed by atoms with Gasteiger partial charge in [0, 0.05) is 18.4 Å². The second kappa shape index (κ2) is 6.78. The molecule has 4 nitrogen and oxygen atoms in total. The Morgan fingerprint density at radius 1 is 1.50 bits per heavy atom. The largest absolute Gasteiger partial charge is 0.391 e. The molecule has 0 bridgehead atoms. The van der Waals surface area contributed by atoms with E-state index >= 15 is 0 Å². The van der Waals surface area contributed by atoms with Gasteiger partial charge in [0.2, 0.25) is 0 Å². The number of halogens is 1. The molecule has 20 heavy (non-hydrogen) atoms. The van der Waals surface area contributed by atoms with E-state index in [0.29, 0.717) is 17.8 Å². The zero-order chi connectivity index (χ0) is 14.5. The number of carbonyl (C=O) groups is 1. The smallest absolute Gasteiger partial charge is 0.261 e. The van der Waals surface area contributed by atoms with Crippen molar-refractivity contribution in [3.63, 3.8) is 0 Å². The van der Waals surface area contributed by atoms with Crippen molar-refractivity contribution in [3.8, 4) is 0 Å². The standard InChI is InChI=1S/C14H16FNO3S/c1-19-8-11(17)4-5-16-14(18)13-7-9-6-10(15)2-3-12(9)20-13/h2-3,6-7,11,17H,4-5,8H2,1H3,(H,16,18). The molecule has 2 aromatic rings. The van der Waals surface area contributed by atoms with E-state index in [4.69, 9.17) is 4.74 Å². The van der Waals surface area contributed by atoms with Crippen LogP contribution in [0.25, 0.3) is 10.1 Å². The number of rotatable bonds is 6. The van der Waals surface area contributed by atoms with Gasteiger partial charge < -0.3 is 15.2 Å². The van der Waals surface area contributed by atoms with Gasteiger partial charge in [-0.15, -0.1) is 11.3 Å². The summed E-state index contributed by atoms with van der Waals surface area (Å²) in [5.74, 6) is -0.527. The van der Waals surface area contributed by atoms with Crippen LogP contribution in [0.1, 0.15) is 16.1 Å². The van der Waals surface area contributed by atoms with E-state index < -0.39 is 6.10 Å². The van der Waals surface area contributed by atoms with E-state index in [1.54, 1.807) is 12.1 Å². The minimum atomic E-state index is -0.586. The molecule has 1 aromatic carbocycles. The van der Waals surface area contributed by atoms with Gasteiger partial charge in [-0.1, -0.05) is 0 Å². The quantitative estimate of drug-likeness (QED) is 0.859. The van der Waals surface area contributed by atoms with Crippen molar-refractivity contribution in [1.29, 1.82) is 0 Å². The number of hydrogen-bond acceptors (Lipinski definition) is 4. The van der Waals surface area contributed by atoms with Gasteiger partial charge in [0.05, 0.1) is 17.6 Å². The molecule has 0 fully saturated rings. The van der Waals surface area contributed by atoms with Crippen molar-refractivity contribution in [1.82, 2.24) is 5.32 Å². The Balaban J connectivity index is 1.94. The Morgan fingerprint density at radius 2 is 2.30 bits per heavy atom. The van der Waals surface area contributed by atoms with Gasteiger partial charge in [0.25, 0.3) is 5.91 Å². The first-order valence-electron chi connectivity index (χ1n) is 6.24. The van der Waals surface area contributed by atoms with Gasteiger partial charge >= 0.3 is 0 Å². The van der Waals surface area contributed by atoms with Crippen LogP contribution in [0, 0.1) is 5.82 Å². The van der Waals surface area contributed by atoms with Gasteiger partial charge in [-0.05, 0) is 36.1 Å². The third-order valence-electron chi connectivity index (χ3n) is 2.82. The fraction of sp³-hybridized carbons (Fsp3) is 0.357. The van der Waals surface area contributed by atoms with Gasteiger partial charge in [-0.25, -0.2) is 4.39 Å². The minimum Gasteiger partial charge on any atom is -0.391 e. The molecule has 2 N–H and O–H groups in total. The molecule has 1 aromatic heterocycles. The molecule has 0 saturated heterocycles. The molecule has 0 aliphatic carbocycles. The average Bonchev–Trinajstić information content (AvgIpc) is 2.82. The van der Waals surface area contributed by atoms with Crippen molar-refractivity contribution < 1.29 is 19.0 Å². The topological polar surface area (TPSA) is 58.6 Å². The summed E-state index contributed by atoms with van der Waals surface area (Å²) in [7, 11) is 1.51. The summed E-state index contributed by atoms with van der Waals surface area (Å²) in [5.41, 5.74) is 0. The van der Waals surface area contributed by atoms with Crippen LogP contribution in [-0.2, 0) is 4.74 Å². The first-order chi connectivity index (χ1) is 9.60. The summed E-state index contributed by atoms with van der Waals surface area (Å²) >= 11 is 1.32. The van der Waals surface area contributed by atoms with Crippen molar-refractivity contribution in [3.05, 3.63) is 35.0 Å². The maximum absolute atomic E-state index is 13.1. The lowest BCUT2D eigenvalue weighted by Gasteiger charge is -2.09. The molecule has 0 spiro atoms. The van der Waals surface area contributed by atoms with Gasteiger partial charge in [-0.3, -0.25) is 4.79 Å². The van der Waals surface area contributed by atoms with Crippen LogP contribution in [-0.4, -0.2) is 37.4 Å². The molecule has 0 aliphatic rings. The number of carbonyl (C=O) groups excluding carboxylic acids is 1. The number of hydrogen-bond donors (Lipinski definition) is 2. The Bertz CT molecular complexity index is 599. The SMILES string of the molecule is COCC(O)CCNC(=O)c1cc2cc(F)ccc2s1. The second-order valence-electron chi connectivity index (χ2n) is 4.45. The lowest BCUT2D eigenvalue weighted by atomic mass is 10.2. The van der Waals surface area contributed by atoms with Crippen LogP contribution in [0.15, 0.2) is 24.3 Å². The molecule has 2 rings (SSSR count). The van der Waals surface area contributed by atoms with E-state index in [9.17, 15) is 14.3 Å². The van der Waals surface area contributed by atoms with Crippen molar-refractivity contribution in [2.45, 2.75) is 12.5 Å². The number of ether oxygens (including phenoxy) is 1. The molecule has 1 atom stereocenters. The van der Waals surface area contributed by atoms with Crippen LogP contribution in [0.4, 0.5) is 4.39 Å². The first-order valence-corrected chi connectivity index (χ1v) is 7.06. The number of methoxy groups -OCH3 is 1. The molecular weight excluding hydrogens is 281 g/mol. The first kappa shape index (κ1) is 14.9. The highest BCUT2D eigenvalue weighted by Gasteiger charge is 2.11.